The molecule has 2 unspecified atom stereocenters. The van der Waals surface area contributed by atoms with Crippen LogP contribution in [0.2, 0.25) is 0 Å². The van der Waals surface area contributed by atoms with Crippen molar-refractivity contribution in [2.75, 3.05) is 0 Å². The first-order valence-corrected chi connectivity index (χ1v) is 5.81. The van der Waals surface area contributed by atoms with Crippen molar-refractivity contribution in [3.63, 3.8) is 0 Å². The average Bonchev–Trinajstić information content (AvgIpc) is 3.00. The summed E-state index contributed by atoms with van der Waals surface area (Å²) in [5, 5.41) is 10.1. The van der Waals surface area contributed by atoms with Crippen molar-refractivity contribution >= 4 is 0 Å². The van der Waals surface area contributed by atoms with Gasteiger partial charge in [-0.05, 0) is 31.6 Å². The summed E-state index contributed by atoms with van der Waals surface area (Å²) < 4.78 is 0. The molecule has 1 nitrogen and oxygen atoms in total. The molecule has 1 saturated carbocycles. The molecule has 0 heterocycles. The highest BCUT2D eigenvalue weighted by Crippen LogP contribution is 2.57. The summed E-state index contributed by atoms with van der Waals surface area (Å²) in [5.74, 6) is 0.592. The van der Waals surface area contributed by atoms with Crippen LogP contribution in [0.5, 0.6) is 0 Å². The molecule has 0 bridgehead atoms. The van der Waals surface area contributed by atoms with Crippen molar-refractivity contribution in [3.05, 3.63) is 24.3 Å². The molecule has 2 rings (SSSR count). The Labute approximate surface area is 86.5 Å². The zero-order valence-electron chi connectivity index (χ0n) is 8.95. The zero-order valence-corrected chi connectivity index (χ0v) is 8.95. The fourth-order valence-electron chi connectivity index (χ4n) is 2.66. The van der Waals surface area contributed by atoms with Gasteiger partial charge in [-0.2, -0.15) is 0 Å². The third kappa shape index (κ3) is 1.66. The van der Waals surface area contributed by atoms with Crippen molar-refractivity contribution in [3.8, 4) is 0 Å². The highest BCUT2D eigenvalue weighted by Gasteiger charge is 2.52. The Hall–Kier alpha value is -0.560. The quantitative estimate of drug-likeness (QED) is 0.725. The third-order valence-corrected chi connectivity index (χ3v) is 3.77. The van der Waals surface area contributed by atoms with Crippen LogP contribution in [0, 0.1) is 11.3 Å². The molecule has 0 spiro atoms. The van der Waals surface area contributed by atoms with Gasteiger partial charge in [-0.3, -0.25) is 0 Å². The second kappa shape index (κ2) is 3.90. The van der Waals surface area contributed by atoms with E-state index in [4.69, 9.17) is 0 Å². The lowest BCUT2D eigenvalue weighted by atomic mass is 9.79. The van der Waals surface area contributed by atoms with Gasteiger partial charge >= 0.3 is 0 Å². The third-order valence-electron chi connectivity index (χ3n) is 3.77. The average molecular weight is 192 g/mol. The number of hydrogen-bond acceptors (Lipinski definition) is 1. The van der Waals surface area contributed by atoms with E-state index in [0.29, 0.717) is 5.92 Å². The van der Waals surface area contributed by atoms with Gasteiger partial charge in [0.1, 0.15) is 0 Å². The van der Waals surface area contributed by atoms with Crippen LogP contribution in [0.25, 0.3) is 0 Å². The van der Waals surface area contributed by atoms with Crippen molar-refractivity contribution < 1.29 is 5.11 Å². The summed E-state index contributed by atoms with van der Waals surface area (Å²) in [4.78, 5) is 0. The molecule has 0 aliphatic heterocycles. The van der Waals surface area contributed by atoms with Gasteiger partial charge in [0.25, 0.3) is 0 Å². The summed E-state index contributed by atoms with van der Waals surface area (Å²) in [6.07, 6.45) is 14.3. The van der Waals surface area contributed by atoms with Crippen LogP contribution in [0.4, 0.5) is 0 Å². The maximum Gasteiger partial charge on any atom is 0.0602 e. The first-order valence-electron chi connectivity index (χ1n) is 5.81. The number of aliphatic hydroxyl groups is 1. The Balaban J connectivity index is 2.01. The summed E-state index contributed by atoms with van der Waals surface area (Å²) in [7, 11) is 0. The summed E-state index contributed by atoms with van der Waals surface area (Å²) >= 11 is 0. The first-order chi connectivity index (χ1) is 6.79. The van der Waals surface area contributed by atoms with Crippen LogP contribution >= 0.6 is 0 Å². The maximum atomic E-state index is 10.1. The van der Waals surface area contributed by atoms with Crippen LogP contribution in [-0.2, 0) is 0 Å². The Morgan fingerprint density at radius 3 is 2.71 bits per heavy atom. The molecule has 0 aromatic rings. The van der Waals surface area contributed by atoms with Crippen LogP contribution in [-0.4, -0.2) is 11.2 Å². The highest BCUT2D eigenvalue weighted by atomic mass is 16.3. The van der Waals surface area contributed by atoms with Crippen LogP contribution in [0.1, 0.15) is 39.0 Å². The Morgan fingerprint density at radius 2 is 2.21 bits per heavy atom. The van der Waals surface area contributed by atoms with E-state index in [0.717, 1.165) is 19.3 Å². The Kier molecular flexibility index (Phi) is 2.78. The first kappa shape index (κ1) is 9.97. The molecule has 0 saturated heterocycles. The largest absolute Gasteiger partial charge is 0.393 e. The van der Waals surface area contributed by atoms with E-state index in [1.165, 1.54) is 12.8 Å². The molecule has 2 aliphatic rings. The van der Waals surface area contributed by atoms with Gasteiger partial charge in [0.15, 0.2) is 0 Å². The zero-order chi connectivity index (χ0) is 10.0. The van der Waals surface area contributed by atoms with Crippen molar-refractivity contribution in [2.24, 2.45) is 11.3 Å². The molecule has 1 heteroatoms. The van der Waals surface area contributed by atoms with E-state index >= 15 is 0 Å². The molecule has 0 radical (unpaired) electrons. The molecule has 78 valence electrons. The SMILES string of the molecule is CCCC(O)C1(C2C=CC=CC2)CC1. The fourth-order valence-corrected chi connectivity index (χ4v) is 2.66. The molecule has 0 aromatic heterocycles. The number of allylic oxidation sites excluding steroid dienone is 4. The molecule has 0 aromatic carbocycles. The van der Waals surface area contributed by atoms with E-state index in [9.17, 15) is 5.11 Å². The molecule has 0 amide bonds. The monoisotopic (exact) mass is 192 g/mol. The van der Waals surface area contributed by atoms with E-state index in [-0.39, 0.29) is 11.5 Å². The van der Waals surface area contributed by atoms with E-state index < -0.39 is 0 Å². The molecule has 1 fully saturated rings. The number of hydrogen-bond donors (Lipinski definition) is 1. The van der Waals surface area contributed by atoms with Gasteiger partial charge in [0, 0.05) is 5.41 Å². The molecule has 2 atom stereocenters. The lowest BCUT2D eigenvalue weighted by Crippen LogP contribution is -2.29. The van der Waals surface area contributed by atoms with Gasteiger partial charge in [0.2, 0.25) is 0 Å². The molecule has 14 heavy (non-hydrogen) atoms. The van der Waals surface area contributed by atoms with Gasteiger partial charge in [-0.1, -0.05) is 37.6 Å². The minimum Gasteiger partial charge on any atom is -0.393 e. The maximum absolute atomic E-state index is 10.1. The molecule has 1 N–H and O–H groups in total. The van der Waals surface area contributed by atoms with Gasteiger partial charge < -0.3 is 5.11 Å². The predicted molar refractivity (Wildman–Crippen MR) is 59.0 cm³/mol. The fraction of sp³-hybridized carbons (Fsp3) is 0.692. The van der Waals surface area contributed by atoms with Crippen LogP contribution < -0.4 is 0 Å². The molecular weight excluding hydrogens is 172 g/mol. The minimum absolute atomic E-state index is 0.0753. The Bertz CT molecular complexity index is 248. The van der Waals surface area contributed by atoms with E-state index in [1.54, 1.807) is 0 Å². The second-order valence-corrected chi connectivity index (χ2v) is 4.69. The van der Waals surface area contributed by atoms with Crippen molar-refractivity contribution in [2.45, 2.75) is 45.1 Å². The van der Waals surface area contributed by atoms with Gasteiger partial charge in [-0.25, -0.2) is 0 Å². The van der Waals surface area contributed by atoms with Gasteiger partial charge in [0.05, 0.1) is 6.10 Å². The lowest BCUT2D eigenvalue weighted by Gasteiger charge is -2.29. The van der Waals surface area contributed by atoms with Gasteiger partial charge in [-0.15, -0.1) is 0 Å². The summed E-state index contributed by atoms with van der Waals surface area (Å²) in [6, 6.07) is 0. The predicted octanol–water partition coefficient (Wildman–Crippen LogP) is 3.06. The van der Waals surface area contributed by atoms with Crippen LogP contribution in [0.15, 0.2) is 24.3 Å². The number of aliphatic hydroxyl groups excluding tert-OH is 1. The van der Waals surface area contributed by atoms with Crippen molar-refractivity contribution in [1.82, 2.24) is 0 Å². The van der Waals surface area contributed by atoms with Crippen molar-refractivity contribution in [1.29, 1.82) is 0 Å². The smallest absolute Gasteiger partial charge is 0.0602 e. The summed E-state index contributed by atoms with van der Waals surface area (Å²) in [6.45, 7) is 2.15. The lowest BCUT2D eigenvalue weighted by molar-refractivity contribution is 0.0591. The Morgan fingerprint density at radius 1 is 1.43 bits per heavy atom. The number of rotatable bonds is 4. The van der Waals surface area contributed by atoms with Crippen LogP contribution in [0.3, 0.4) is 0 Å². The molecular formula is C13H20O. The minimum atomic E-state index is -0.0753. The molecule has 2 aliphatic carbocycles. The standard InChI is InChI=1S/C13H20O/c1-2-6-12(14)13(9-10-13)11-7-4-3-5-8-11/h3-5,7,11-12,14H,2,6,8-10H2,1H3. The normalized spacial score (nSPS) is 30.3. The highest BCUT2D eigenvalue weighted by molar-refractivity contribution is 5.18. The second-order valence-electron chi connectivity index (χ2n) is 4.69. The topological polar surface area (TPSA) is 20.2 Å². The van der Waals surface area contributed by atoms with E-state index in [2.05, 4.69) is 31.2 Å². The van der Waals surface area contributed by atoms with E-state index in [1.807, 2.05) is 0 Å². The summed E-state index contributed by atoms with van der Waals surface area (Å²) in [5.41, 5.74) is 0.247.